The number of phenolic OH excluding ortho intramolecular Hbond substituents is 2. The molecule has 0 fully saturated rings. The van der Waals surface area contributed by atoms with Crippen LogP contribution in [0, 0.1) is 5.92 Å². The van der Waals surface area contributed by atoms with Gasteiger partial charge in [0.15, 0.2) is 0 Å². The first-order valence-corrected chi connectivity index (χ1v) is 6.62. The average Bonchev–Trinajstić information content (AvgIpc) is 2.42. The normalized spacial score (nSPS) is 11.7. The van der Waals surface area contributed by atoms with Gasteiger partial charge in [-0.2, -0.15) is 0 Å². The molecule has 0 aromatic heterocycles. The van der Waals surface area contributed by atoms with Crippen LogP contribution in [0.5, 0.6) is 11.5 Å². The highest BCUT2D eigenvalue weighted by molar-refractivity contribution is 5.97. The van der Waals surface area contributed by atoms with Crippen molar-refractivity contribution in [3.63, 3.8) is 0 Å². The van der Waals surface area contributed by atoms with E-state index < -0.39 is 0 Å². The third kappa shape index (κ3) is 4.87. The zero-order chi connectivity index (χ0) is 16.0. The van der Waals surface area contributed by atoms with E-state index in [0.29, 0.717) is 6.54 Å². The van der Waals surface area contributed by atoms with Crippen molar-refractivity contribution >= 4 is 11.7 Å². The molecule has 0 heterocycles. The molecule has 21 heavy (non-hydrogen) atoms. The van der Waals surface area contributed by atoms with Crippen LogP contribution < -0.4 is 5.73 Å². The summed E-state index contributed by atoms with van der Waals surface area (Å²) in [7, 11) is 0. The van der Waals surface area contributed by atoms with E-state index in [2.05, 4.69) is 5.16 Å². The zero-order valence-electron chi connectivity index (χ0n) is 12.2. The Kier molecular flexibility index (Phi) is 5.83. The standard InChI is InChI=1S/C14H21N3O4/c1-9(2)8-17(6-5-13(15)16-21)14(20)11-4-3-10(18)7-12(11)19/h3-4,7,9,18-19,21H,5-6,8H2,1-2H3,(H2,15,16). The lowest BCUT2D eigenvalue weighted by Crippen LogP contribution is -2.36. The summed E-state index contributed by atoms with van der Waals surface area (Å²) in [5.74, 6) is -0.507. The van der Waals surface area contributed by atoms with Crippen molar-refractivity contribution in [2.24, 2.45) is 16.8 Å². The van der Waals surface area contributed by atoms with Crippen LogP contribution in [0.25, 0.3) is 0 Å². The maximum Gasteiger partial charge on any atom is 0.257 e. The third-order valence-corrected chi connectivity index (χ3v) is 2.85. The molecule has 0 radical (unpaired) electrons. The van der Waals surface area contributed by atoms with E-state index in [1.54, 1.807) is 0 Å². The summed E-state index contributed by atoms with van der Waals surface area (Å²) in [6.45, 7) is 4.66. The van der Waals surface area contributed by atoms with Gasteiger partial charge in [-0.15, -0.1) is 0 Å². The number of nitrogens with zero attached hydrogens (tertiary/aromatic N) is 2. The van der Waals surface area contributed by atoms with Gasteiger partial charge in [-0.1, -0.05) is 19.0 Å². The molecule has 1 aromatic carbocycles. The van der Waals surface area contributed by atoms with E-state index >= 15 is 0 Å². The maximum atomic E-state index is 12.5. The molecule has 0 aliphatic rings. The molecule has 7 nitrogen and oxygen atoms in total. The molecule has 1 aromatic rings. The van der Waals surface area contributed by atoms with Crippen molar-refractivity contribution in [3.8, 4) is 11.5 Å². The molecule has 0 unspecified atom stereocenters. The monoisotopic (exact) mass is 295 g/mol. The number of carbonyl (C=O) groups excluding carboxylic acids is 1. The number of benzene rings is 1. The number of nitrogens with two attached hydrogens (primary N) is 1. The fourth-order valence-electron chi connectivity index (χ4n) is 1.89. The number of amides is 1. The van der Waals surface area contributed by atoms with E-state index in [9.17, 15) is 15.0 Å². The number of aromatic hydroxyl groups is 2. The minimum Gasteiger partial charge on any atom is -0.508 e. The summed E-state index contributed by atoms with van der Waals surface area (Å²) in [6, 6.07) is 3.82. The van der Waals surface area contributed by atoms with Crippen molar-refractivity contribution in [3.05, 3.63) is 23.8 Å². The number of hydrogen-bond donors (Lipinski definition) is 4. The van der Waals surface area contributed by atoms with Crippen molar-refractivity contribution in [1.82, 2.24) is 4.90 Å². The molecule has 116 valence electrons. The van der Waals surface area contributed by atoms with Gasteiger partial charge in [0.2, 0.25) is 0 Å². The summed E-state index contributed by atoms with van der Waals surface area (Å²) in [5.41, 5.74) is 5.52. The van der Waals surface area contributed by atoms with Crippen LogP contribution in [-0.4, -0.2) is 45.2 Å². The van der Waals surface area contributed by atoms with Crippen LogP contribution >= 0.6 is 0 Å². The molecule has 1 rings (SSSR count). The van der Waals surface area contributed by atoms with E-state index in [1.807, 2.05) is 13.8 Å². The van der Waals surface area contributed by atoms with Crippen molar-refractivity contribution in [1.29, 1.82) is 0 Å². The average molecular weight is 295 g/mol. The lowest BCUT2D eigenvalue weighted by atomic mass is 10.1. The minimum absolute atomic E-state index is 0.0338. The van der Waals surface area contributed by atoms with Crippen LogP contribution in [0.2, 0.25) is 0 Å². The zero-order valence-corrected chi connectivity index (χ0v) is 12.2. The number of phenols is 2. The van der Waals surface area contributed by atoms with Crippen LogP contribution in [0.3, 0.4) is 0 Å². The lowest BCUT2D eigenvalue weighted by Gasteiger charge is -2.24. The molecule has 0 aliphatic carbocycles. The minimum atomic E-state index is -0.369. The molecule has 7 heteroatoms. The second kappa shape index (κ2) is 7.37. The number of hydrogen-bond acceptors (Lipinski definition) is 5. The Labute approximate surface area is 123 Å². The second-order valence-electron chi connectivity index (χ2n) is 5.19. The van der Waals surface area contributed by atoms with Gasteiger partial charge in [-0.3, -0.25) is 4.79 Å². The molecule has 1 amide bonds. The number of rotatable bonds is 6. The van der Waals surface area contributed by atoms with Gasteiger partial charge in [-0.25, -0.2) is 0 Å². The van der Waals surface area contributed by atoms with Crippen LogP contribution in [0.4, 0.5) is 0 Å². The number of carbonyl (C=O) groups is 1. The predicted octanol–water partition coefficient (Wildman–Crippen LogP) is 1.33. The Balaban J connectivity index is 2.93. The van der Waals surface area contributed by atoms with Crippen molar-refractivity contribution in [2.75, 3.05) is 13.1 Å². The number of amidine groups is 1. The summed E-state index contributed by atoms with van der Waals surface area (Å²) in [4.78, 5) is 14.0. The van der Waals surface area contributed by atoms with Gasteiger partial charge in [0, 0.05) is 25.6 Å². The second-order valence-corrected chi connectivity index (χ2v) is 5.19. The van der Waals surface area contributed by atoms with Crippen LogP contribution in [0.15, 0.2) is 23.4 Å². The smallest absolute Gasteiger partial charge is 0.257 e. The molecule has 0 atom stereocenters. The first-order valence-electron chi connectivity index (χ1n) is 6.62. The SMILES string of the molecule is CC(C)CN(CC/C(N)=N/O)C(=O)c1ccc(O)cc1O. The van der Waals surface area contributed by atoms with E-state index in [4.69, 9.17) is 10.9 Å². The fraction of sp³-hybridized carbons (Fsp3) is 0.429. The maximum absolute atomic E-state index is 12.5. The predicted molar refractivity (Wildman–Crippen MR) is 78.5 cm³/mol. The molecule has 0 bridgehead atoms. The van der Waals surface area contributed by atoms with Gasteiger partial charge < -0.3 is 26.1 Å². The van der Waals surface area contributed by atoms with Gasteiger partial charge >= 0.3 is 0 Å². The molecule has 0 saturated heterocycles. The molecule has 5 N–H and O–H groups in total. The Morgan fingerprint density at radius 2 is 2.05 bits per heavy atom. The molecule has 0 spiro atoms. The quantitative estimate of drug-likeness (QED) is 0.273. The van der Waals surface area contributed by atoms with Crippen LogP contribution in [-0.2, 0) is 0 Å². The highest BCUT2D eigenvalue weighted by Gasteiger charge is 2.20. The fourth-order valence-corrected chi connectivity index (χ4v) is 1.89. The topological polar surface area (TPSA) is 119 Å². The van der Waals surface area contributed by atoms with Gasteiger partial charge in [0.05, 0.1) is 5.56 Å². The first kappa shape index (κ1) is 16.6. The highest BCUT2D eigenvalue weighted by Crippen LogP contribution is 2.24. The Morgan fingerprint density at radius 3 is 2.57 bits per heavy atom. The lowest BCUT2D eigenvalue weighted by molar-refractivity contribution is 0.0737. The summed E-state index contributed by atoms with van der Waals surface area (Å²) < 4.78 is 0. The molecule has 0 aliphatic heterocycles. The summed E-state index contributed by atoms with van der Waals surface area (Å²) in [5, 5.41) is 30.5. The van der Waals surface area contributed by atoms with E-state index in [0.717, 1.165) is 6.07 Å². The highest BCUT2D eigenvalue weighted by atomic mass is 16.4. The largest absolute Gasteiger partial charge is 0.508 e. The van der Waals surface area contributed by atoms with Gasteiger partial charge in [0.25, 0.3) is 5.91 Å². The first-order chi connectivity index (χ1) is 9.85. The van der Waals surface area contributed by atoms with Gasteiger partial charge in [0.1, 0.15) is 17.3 Å². The third-order valence-electron chi connectivity index (χ3n) is 2.85. The molecular weight excluding hydrogens is 274 g/mol. The summed E-state index contributed by atoms with van der Waals surface area (Å²) in [6.07, 6.45) is 0.230. The van der Waals surface area contributed by atoms with Crippen LogP contribution in [0.1, 0.15) is 30.6 Å². The number of oxime groups is 1. The summed E-state index contributed by atoms with van der Waals surface area (Å²) >= 11 is 0. The van der Waals surface area contributed by atoms with Crippen molar-refractivity contribution < 1.29 is 20.2 Å². The van der Waals surface area contributed by atoms with E-state index in [1.165, 1.54) is 17.0 Å². The molecular formula is C14H21N3O4. The Morgan fingerprint density at radius 1 is 1.38 bits per heavy atom. The van der Waals surface area contributed by atoms with E-state index in [-0.39, 0.29) is 47.7 Å². The Hall–Kier alpha value is -2.44. The Bertz CT molecular complexity index is 529. The van der Waals surface area contributed by atoms with Crippen molar-refractivity contribution in [2.45, 2.75) is 20.3 Å². The molecule has 0 saturated carbocycles. The van der Waals surface area contributed by atoms with Gasteiger partial charge in [-0.05, 0) is 18.1 Å².